The number of amides is 8. The van der Waals surface area contributed by atoms with E-state index in [-0.39, 0.29) is 31.3 Å². The summed E-state index contributed by atoms with van der Waals surface area (Å²) in [6, 6.07) is -7.97. The molecule has 0 aliphatic heterocycles. The van der Waals surface area contributed by atoms with Gasteiger partial charge in [0.15, 0.2) is 5.96 Å². The molecule has 62 heavy (non-hydrogen) atoms. The van der Waals surface area contributed by atoms with Crippen LogP contribution in [0.15, 0.2) is 17.5 Å². The monoisotopic (exact) mass is 879 g/mol. The number of rotatable bonds is 27. The van der Waals surface area contributed by atoms with E-state index >= 15 is 0 Å². The topological polar surface area (TPSA) is 389 Å². The van der Waals surface area contributed by atoms with Gasteiger partial charge in [0.05, 0.1) is 25.5 Å². The third kappa shape index (κ3) is 19.4. The van der Waals surface area contributed by atoms with Crippen molar-refractivity contribution in [2.24, 2.45) is 39.9 Å². The van der Waals surface area contributed by atoms with Crippen LogP contribution >= 0.6 is 0 Å². The van der Waals surface area contributed by atoms with E-state index in [1.807, 2.05) is 0 Å². The number of hydrogen-bond acceptors (Lipinski definition) is 12. The minimum absolute atomic E-state index is 0.0895. The lowest BCUT2D eigenvalue weighted by Gasteiger charge is -2.28. The normalized spacial score (nSPS) is 14.9. The largest absolute Gasteiger partial charge is 0.480 e. The van der Waals surface area contributed by atoms with Crippen molar-refractivity contribution < 1.29 is 48.3 Å². The van der Waals surface area contributed by atoms with Crippen LogP contribution in [0.4, 0.5) is 0 Å². The fourth-order valence-corrected chi connectivity index (χ4v) is 5.59. The summed E-state index contributed by atoms with van der Waals surface area (Å²) in [5.41, 5.74) is 16.9. The van der Waals surface area contributed by atoms with Crippen molar-refractivity contribution in [3.8, 4) is 0 Å². The third-order valence-corrected chi connectivity index (χ3v) is 9.57. The van der Waals surface area contributed by atoms with E-state index < -0.39 is 120 Å². The van der Waals surface area contributed by atoms with E-state index in [0.717, 1.165) is 0 Å². The highest BCUT2D eigenvalue weighted by molar-refractivity contribution is 5.97. The highest BCUT2D eigenvalue weighted by Crippen LogP contribution is 2.10. The molecule has 24 nitrogen and oxygen atoms in total. The Labute approximate surface area is 360 Å². The summed E-state index contributed by atoms with van der Waals surface area (Å²) in [5, 5.41) is 29.4. The van der Waals surface area contributed by atoms with Crippen molar-refractivity contribution >= 4 is 59.2 Å². The Hall–Kier alpha value is -6.33. The summed E-state index contributed by atoms with van der Waals surface area (Å²) in [5.74, 6) is -8.52. The predicted octanol–water partition coefficient (Wildman–Crippen LogP) is -4.04. The van der Waals surface area contributed by atoms with Crippen LogP contribution in [0.2, 0.25) is 0 Å². The number of hydrogen-bond donors (Lipinski definition) is 13. The lowest BCUT2D eigenvalue weighted by molar-refractivity contribution is -0.143. The molecule has 0 radical (unpaired) electrons. The smallest absolute Gasteiger partial charge is 0.326 e. The molecule has 0 spiro atoms. The van der Waals surface area contributed by atoms with Crippen molar-refractivity contribution in [2.75, 3.05) is 19.6 Å². The zero-order valence-corrected chi connectivity index (χ0v) is 36.6. The van der Waals surface area contributed by atoms with E-state index in [2.05, 4.69) is 57.5 Å². The molecule has 0 aliphatic carbocycles. The Kier molecular flexibility index (Phi) is 23.2. The molecule has 1 aromatic rings. The van der Waals surface area contributed by atoms with Gasteiger partial charge >= 0.3 is 5.97 Å². The highest BCUT2D eigenvalue weighted by atomic mass is 16.4. The Morgan fingerprint density at radius 1 is 0.694 bits per heavy atom. The zero-order valence-electron chi connectivity index (χ0n) is 36.6. The van der Waals surface area contributed by atoms with E-state index in [0.29, 0.717) is 18.5 Å². The van der Waals surface area contributed by atoms with Crippen LogP contribution in [-0.2, 0) is 49.6 Å². The molecular formula is C38H66N14O10. The van der Waals surface area contributed by atoms with Crippen LogP contribution in [-0.4, -0.2) is 136 Å². The second-order valence-corrected chi connectivity index (χ2v) is 15.6. The quantitative estimate of drug-likeness (QED) is 0.0227. The van der Waals surface area contributed by atoms with Crippen LogP contribution in [0.25, 0.3) is 0 Å². The van der Waals surface area contributed by atoms with Gasteiger partial charge in [0.2, 0.25) is 47.3 Å². The Morgan fingerprint density at radius 3 is 1.76 bits per heavy atom. The minimum Gasteiger partial charge on any atom is -0.480 e. The maximum atomic E-state index is 13.7. The fraction of sp³-hybridized carbons (Fsp3) is 0.658. The molecule has 16 N–H and O–H groups in total. The van der Waals surface area contributed by atoms with Gasteiger partial charge in [-0.05, 0) is 44.4 Å². The van der Waals surface area contributed by atoms with Crippen LogP contribution < -0.4 is 59.7 Å². The number of aliphatic carboxylic acids is 1. The fourth-order valence-electron chi connectivity index (χ4n) is 5.59. The lowest BCUT2D eigenvalue weighted by Crippen LogP contribution is -2.60. The van der Waals surface area contributed by atoms with Gasteiger partial charge in [-0.15, -0.1) is 0 Å². The van der Waals surface area contributed by atoms with Gasteiger partial charge in [-0.3, -0.25) is 43.3 Å². The number of nitrogens with one attached hydrogen (secondary N) is 9. The first-order valence-corrected chi connectivity index (χ1v) is 20.3. The molecule has 0 aliphatic rings. The molecule has 0 saturated heterocycles. The number of nitrogens with two attached hydrogens (primary N) is 3. The van der Waals surface area contributed by atoms with Gasteiger partial charge in [0.1, 0.15) is 36.3 Å². The number of guanidine groups is 1. The van der Waals surface area contributed by atoms with Gasteiger partial charge < -0.3 is 69.8 Å². The van der Waals surface area contributed by atoms with Gasteiger partial charge in [0, 0.05) is 24.9 Å². The summed E-state index contributed by atoms with van der Waals surface area (Å²) in [6.07, 6.45) is 3.85. The molecule has 0 fully saturated rings. The summed E-state index contributed by atoms with van der Waals surface area (Å²) < 4.78 is 0. The van der Waals surface area contributed by atoms with Crippen LogP contribution in [0.1, 0.15) is 80.3 Å². The first-order chi connectivity index (χ1) is 29.0. The summed E-state index contributed by atoms with van der Waals surface area (Å²) in [6.45, 7) is 11.9. The zero-order chi connectivity index (χ0) is 47.3. The molecule has 8 amide bonds. The van der Waals surface area contributed by atoms with Crippen LogP contribution in [0.5, 0.6) is 0 Å². The van der Waals surface area contributed by atoms with Crippen molar-refractivity contribution in [3.63, 3.8) is 0 Å². The molecule has 0 aromatic carbocycles. The average Bonchev–Trinajstić information content (AvgIpc) is 3.72. The maximum Gasteiger partial charge on any atom is 0.326 e. The number of carbonyl (C=O) groups excluding carboxylic acids is 8. The Morgan fingerprint density at radius 2 is 1.23 bits per heavy atom. The molecule has 0 unspecified atom stereocenters. The van der Waals surface area contributed by atoms with Crippen molar-refractivity contribution in [1.29, 1.82) is 0 Å². The van der Waals surface area contributed by atoms with Gasteiger partial charge in [-0.2, -0.15) is 0 Å². The molecule has 24 heteroatoms. The van der Waals surface area contributed by atoms with Crippen molar-refractivity contribution in [3.05, 3.63) is 18.2 Å². The number of aromatic nitrogens is 2. The van der Waals surface area contributed by atoms with Crippen LogP contribution in [0.3, 0.4) is 0 Å². The molecule has 1 heterocycles. The maximum absolute atomic E-state index is 13.7. The molecule has 0 bridgehead atoms. The molecular weight excluding hydrogens is 813 g/mol. The number of carbonyl (C=O) groups is 9. The SMILES string of the molecule is CC[C@H](C)[C@H](NC(=O)[C@H](C)NC(=O)CNC(=O)[C@H](Cc1cnc[nH]1)NC(=O)[C@@H](NC(=O)[C@@H](NC(=O)CNC(=O)[C@H](C)NC(=O)[C@@H](N)CCCN=C(N)N)C(C)C)C(C)C)C(=O)O. The average molecular weight is 879 g/mol. The molecule has 348 valence electrons. The van der Waals surface area contributed by atoms with Crippen molar-refractivity contribution in [1.82, 2.24) is 52.5 Å². The Bertz CT molecular complexity index is 1720. The first kappa shape index (κ1) is 53.7. The summed E-state index contributed by atoms with van der Waals surface area (Å²) in [4.78, 5) is 126. The number of aromatic amines is 1. The first-order valence-electron chi connectivity index (χ1n) is 20.3. The number of nitrogens with zero attached hydrogens (tertiary/aromatic N) is 2. The van der Waals surface area contributed by atoms with Crippen LogP contribution in [0, 0.1) is 17.8 Å². The Balaban J connectivity index is 2.91. The van der Waals surface area contributed by atoms with Crippen molar-refractivity contribution in [2.45, 2.75) is 123 Å². The third-order valence-electron chi connectivity index (χ3n) is 9.57. The van der Waals surface area contributed by atoms with Gasteiger partial charge in [0.25, 0.3) is 0 Å². The molecule has 8 atom stereocenters. The standard InChI is InChI=1S/C38H66N14O10/c1-9-20(6)30(37(61)62)52-32(56)22(8)47-26(53)15-45-34(58)25(13-23-14-42-17-46-23)49-35(59)29(19(4)5)51-36(60)28(18(2)3)50-27(54)16-44-31(55)21(7)48-33(57)24(39)11-10-12-43-38(40)41/h14,17-22,24-25,28-30H,9-13,15-16,39H2,1-8H3,(H,42,46)(H,44,55)(H,45,58)(H,47,53)(H,48,57)(H,49,59)(H,50,54)(H,51,60)(H,52,56)(H,61,62)(H4,40,41,43)/t20-,21-,22-,24-,25-,28-,29-,30-/m0/s1. The summed E-state index contributed by atoms with van der Waals surface area (Å²) >= 11 is 0. The number of carboxylic acids is 1. The number of carboxylic acid groups (broad SMARTS) is 1. The van der Waals surface area contributed by atoms with E-state index in [1.165, 1.54) is 26.4 Å². The number of H-pyrrole nitrogens is 1. The highest BCUT2D eigenvalue weighted by Gasteiger charge is 2.33. The molecule has 0 saturated carbocycles. The summed E-state index contributed by atoms with van der Waals surface area (Å²) in [7, 11) is 0. The minimum atomic E-state index is -1.29. The predicted molar refractivity (Wildman–Crippen MR) is 226 cm³/mol. The second kappa shape index (κ2) is 26.8. The van der Waals surface area contributed by atoms with Gasteiger partial charge in [-0.25, -0.2) is 9.78 Å². The van der Waals surface area contributed by atoms with E-state index in [9.17, 15) is 48.3 Å². The lowest BCUT2D eigenvalue weighted by atomic mass is 9.99. The van der Waals surface area contributed by atoms with E-state index in [4.69, 9.17) is 17.2 Å². The second-order valence-electron chi connectivity index (χ2n) is 15.6. The van der Waals surface area contributed by atoms with E-state index in [1.54, 1.807) is 41.5 Å². The number of aliphatic imine (C=N–C) groups is 1. The number of imidazole rings is 1. The molecule has 1 aromatic heterocycles. The molecule has 1 rings (SSSR count). The van der Waals surface area contributed by atoms with Gasteiger partial charge in [-0.1, -0.05) is 48.0 Å².